The molecule has 0 saturated carbocycles. The van der Waals surface area contributed by atoms with Crippen LogP contribution in [-0.2, 0) is 19.6 Å². The van der Waals surface area contributed by atoms with Crippen molar-refractivity contribution in [1.82, 2.24) is 9.62 Å². The third-order valence-corrected chi connectivity index (χ3v) is 7.77. The molecule has 32 heavy (non-hydrogen) atoms. The van der Waals surface area contributed by atoms with Gasteiger partial charge >= 0.3 is 11.8 Å². The Morgan fingerprint density at radius 2 is 1.81 bits per heavy atom. The molecule has 1 saturated heterocycles. The second kappa shape index (κ2) is 10.2. The lowest BCUT2D eigenvalue weighted by molar-refractivity contribution is -0.136. The highest BCUT2D eigenvalue weighted by molar-refractivity contribution is 7.89. The van der Waals surface area contributed by atoms with E-state index >= 15 is 0 Å². The van der Waals surface area contributed by atoms with Crippen molar-refractivity contribution < 1.29 is 22.4 Å². The van der Waals surface area contributed by atoms with E-state index in [-0.39, 0.29) is 17.5 Å². The number of anilines is 1. The summed E-state index contributed by atoms with van der Waals surface area (Å²) in [6, 6.07) is 10.5. The molecule has 1 unspecified atom stereocenters. The monoisotopic (exact) mass is 461 g/mol. The van der Waals surface area contributed by atoms with Crippen molar-refractivity contribution in [2.45, 2.75) is 50.5 Å². The molecule has 2 amide bonds. The average Bonchev–Trinajstić information content (AvgIpc) is 2.75. The summed E-state index contributed by atoms with van der Waals surface area (Å²) in [6.07, 6.45) is 2.65. The number of hydrogen-bond donors (Lipinski definition) is 2. The zero-order valence-corrected chi connectivity index (χ0v) is 19.0. The van der Waals surface area contributed by atoms with Crippen LogP contribution in [0.4, 0.5) is 10.1 Å². The summed E-state index contributed by atoms with van der Waals surface area (Å²) in [5.41, 5.74) is 1.76. The van der Waals surface area contributed by atoms with E-state index in [1.807, 2.05) is 19.1 Å². The fourth-order valence-corrected chi connectivity index (χ4v) is 5.86. The summed E-state index contributed by atoms with van der Waals surface area (Å²) in [5.74, 6) is -2.02. The van der Waals surface area contributed by atoms with E-state index in [4.69, 9.17) is 0 Å². The molecule has 1 fully saturated rings. The van der Waals surface area contributed by atoms with E-state index < -0.39 is 27.7 Å². The Bertz CT molecular complexity index is 1100. The van der Waals surface area contributed by atoms with Crippen molar-refractivity contribution in [3.8, 4) is 0 Å². The number of rotatable bonds is 6. The molecule has 0 spiro atoms. The molecule has 0 aromatic heterocycles. The first-order chi connectivity index (χ1) is 15.2. The van der Waals surface area contributed by atoms with Gasteiger partial charge in [0.1, 0.15) is 5.82 Å². The Balaban J connectivity index is 1.61. The Morgan fingerprint density at radius 3 is 2.53 bits per heavy atom. The molecule has 0 aliphatic carbocycles. The third-order valence-electron chi connectivity index (χ3n) is 5.66. The van der Waals surface area contributed by atoms with Crippen LogP contribution in [0, 0.1) is 19.7 Å². The van der Waals surface area contributed by atoms with Crippen LogP contribution in [0.25, 0.3) is 0 Å². The van der Waals surface area contributed by atoms with Crippen molar-refractivity contribution in [3.05, 3.63) is 59.4 Å². The molecular weight excluding hydrogens is 433 g/mol. The summed E-state index contributed by atoms with van der Waals surface area (Å²) < 4.78 is 41.3. The highest BCUT2D eigenvalue weighted by atomic mass is 32.2. The summed E-state index contributed by atoms with van der Waals surface area (Å²) in [5, 5.41) is 5.15. The number of halogens is 1. The minimum Gasteiger partial charge on any atom is -0.348 e. The number of hydrogen-bond acceptors (Lipinski definition) is 4. The molecule has 2 N–H and O–H groups in total. The highest BCUT2D eigenvalue weighted by Gasteiger charge is 2.34. The Morgan fingerprint density at radius 1 is 1.06 bits per heavy atom. The molecule has 1 atom stereocenters. The molecule has 9 heteroatoms. The summed E-state index contributed by atoms with van der Waals surface area (Å²) in [7, 11) is -3.80. The van der Waals surface area contributed by atoms with Crippen LogP contribution in [0.3, 0.4) is 0 Å². The van der Waals surface area contributed by atoms with Crippen molar-refractivity contribution in [1.29, 1.82) is 0 Å². The predicted octanol–water partition coefficient (Wildman–Crippen LogP) is 3.13. The summed E-state index contributed by atoms with van der Waals surface area (Å²) in [6.45, 7) is 3.93. The number of carbonyl (C=O) groups excluding carboxylic acids is 2. The van der Waals surface area contributed by atoms with Crippen LogP contribution in [-0.4, -0.2) is 43.7 Å². The number of nitrogens with one attached hydrogen (secondary N) is 2. The van der Waals surface area contributed by atoms with Crippen LogP contribution >= 0.6 is 0 Å². The van der Waals surface area contributed by atoms with Crippen molar-refractivity contribution in [2.75, 3.05) is 18.4 Å². The van der Waals surface area contributed by atoms with E-state index in [9.17, 15) is 22.4 Å². The van der Waals surface area contributed by atoms with Gasteiger partial charge in [-0.15, -0.1) is 0 Å². The lowest BCUT2D eigenvalue weighted by Gasteiger charge is -2.35. The number of nitrogens with zero attached hydrogens (tertiary/aromatic N) is 1. The molecule has 7 nitrogen and oxygen atoms in total. The molecule has 3 rings (SSSR count). The van der Waals surface area contributed by atoms with Gasteiger partial charge < -0.3 is 10.6 Å². The van der Waals surface area contributed by atoms with Gasteiger partial charge in [0.2, 0.25) is 10.0 Å². The van der Waals surface area contributed by atoms with Crippen molar-refractivity contribution >= 4 is 27.5 Å². The van der Waals surface area contributed by atoms with E-state index in [2.05, 4.69) is 10.6 Å². The first-order valence-corrected chi connectivity index (χ1v) is 12.1. The maximum Gasteiger partial charge on any atom is 0.313 e. The number of amides is 2. The summed E-state index contributed by atoms with van der Waals surface area (Å²) >= 11 is 0. The number of carbonyl (C=O) groups is 2. The third kappa shape index (κ3) is 5.52. The largest absolute Gasteiger partial charge is 0.348 e. The fourth-order valence-electron chi connectivity index (χ4n) is 3.93. The smallest absolute Gasteiger partial charge is 0.313 e. The lowest BCUT2D eigenvalue weighted by atomic mass is 10.0. The minimum absolute atomic E-state index is 0.0902. The average molecular weight is 462 g/mol. The van der Waals surface area contributed by atoms with Gasteiger partial charge in [-0.2, -0.15) is 4.31 Å². The van der Waals surface area contributed by atoms with Gasteiger partial charge in [-0.3, -0.25) is 9.59 Å². The molecular formula is C23H28FN3O4S. The van der Waals surface area contributed by atoms with Crippen LogP contribution in [0.1, 0.15) is 36.8 Å². The highest BCUT2D eigenvalue weighted by Crippen LogP contribution is 2.28. The molecule has 2 aromatic rings. The quantitative estimate of drug-likeness (QED) is 0.646. The number of sulfonamides is 1. The lowest BCUT2D eigenvalue weighted by Crippen LogP contribution is -2.46. The van der Waals surface area contributed by atoms with Crippen LogP contribution < -0.4 is 10.6 Å². The van der Waals surface area contributed by atoms with E-state index in [1.165, 1.54) is 16.4 Å². The normalized spacial score (nSPS) is 17.0. The molecule has 1 aliphatic heterocycles. The molecule has 0 radical (unpaired) electrons. The van der Waals surface area contributed by atoms with Gasteiger partial charge in [0, 0.05) is 24.8 Å². The first-order valence-electron chi connectivity index (χ1n) is 10.6. The molecule has 2 aromatic carbocycles. The van der Waals surface area contributed by atoms with Crippen LogP contribution in [0.5, 0.6) is 0 Å². The predicted molar refractivity (Wildman–Crippen MR) is 120 cm³/mol. The maximum absolute atomic E-state index is 13.4. The number of benzene rings is 2. The van der Waals surface area contributed by atoms with E-state index in [0.717, 1.165) is 24.5 Å². The first kappa shape index (κ1) is 23.9. The molecule has 0 bridgehead atoms. The van der Waals surface area contributed by atoms with Gasteiger partial charge in [0.05, 0.1) is 4.90 Å². The Labute approximate surface area is 188 Å². The van der Waals surface area contributed by atoms with Crippen LogP contribution in [0.2, 0.25) is 0 Å². The molecule has 1 heterocycles. The zero-order valence-electron chi connectivity index (χ0n) is 18.2. The van der Waals surface area contributed by atoms with Crippen LogP contribution in [0.15, 0.2) is 47.4 Å². The number of para-hydroxylation sites is 1. The minimum atomic E-state index is -3.80. The fraction of sp³-hybridized carbons (Fsp3) is 0.391. The second-order valence-corrected chi connectivity index (χ2v) is 9.85. The molecule has 172 valence electrons. The zero-order chi connectivity index (χ0) is 23.3. The van der Waals surface area contributed by atoms with Crippen molar-refractivity contribution in [3.63, 3.8) is 0 Å². The Hall–Kier alpha value is -2.78. The topological polar surface area (TPSA) is 95.6 Å². The second-order valence-electron chi connectivity index (χ2n) is 7.99. The van der Waals surface area contributed by atoms with Gasteiger partial charge in [-0.1, -0.05) is 24.6 Å². The maximum atomic E-state index is 13.4. The SMILES string of the molecule is Cc1ccccc1NC(=O)C(=O)NCCC1CCCCN1S(=O)(=O)c1ccc(F)cc1C. The molecule has 1 aliphatic rings. The van der Waals surface area contributed by atoms with E-state index in [1.54, 1.807) is 19.1 Å². The van der Waals surface area contributed by atoms with E-state index in [0.29, 0.717) is 30.6 Å². The number of aryl methyl sites for hydroxylation is 2. The standard InChI is InChI=1S/C23H28FN3O4S/c1-16-7-3-4-9-20(16)26-23(29)22(28)25-13-12-19-8-5-6-14-27(19)32(30,31)21-11-10-18(24)15-17(21)2/h3-4,7,9-11,15,19H,5-6,8,12-14H2,1-2H3,(H,25,28)(H,26,29). The van der Waals surface area contributed by atoms with Gasteiger partial charge in [0.25, 0.3) is 0 Å². The van der Waals surface area contributed by atoms with Gasteiger partial charge in [-0.05, 0) is 68.5 Å². The summed E-state index contributed by atoms with van der Waals surface area (Å²) in [4.78, 5) is 24.4. The van der Waals surface area contributed by atoms with Crippen molar-refractivity contribution in [2.24, 2.45) is 0 Å². The van der Waals surface area contributed by atoms with Gasteiger partial charge in [0.15, 0.2) is 0 Å². The van der Waals surface area contributed by atoms with Gasteiger partial charge in [-0.25, -0.2) is 12.8 Å². The number of piperidine rings is 1. The Kier molecular flexibility index (Phi) is 7.63.